The maximum atomic E-state index is 10.6. The molecule has 82 valence electrons. The molecule has 0 fully saturated rings. The Morgan fingerprint density at radius 3 is 2.73 bits per heavy atom. The summed E-state index contributed by atoms with van der Waals surface area (Å²) in [6.45, 7) is 6.31. The maximum Gasteiger partial charge on any atom is 0.320 e. The van der Waals surface area contributed by atoms with E-state index in [4.69, 9.17) is 5.11 Å². The number of carboxylic acids is 1. The number of aryl methyl sites for hydroxylation is 2. The predicted molar refractivity (Wildman–Crippen MR) is 59.9 cm³/mol. The molecule has 0 aliphatic heterocycles. The number of aliphatic carboxylic acids is 1. The second-order valence-corrected chi connectivity index (χ2v) is 3.87. The highest BCUT2D eigenvalue weighted by Gasteiger charge is 2.09. The molecule has 0 spiro atoms. The zero-order valence-electron chi connectivity index (χ0n) is 9.37. The van der Waals surface area contributed by atoms with Crippen LogP contribution >= 0.6 is 0 Å². The van der Waals surface area contributed by atoms with Gasteiger partial charge in [-0.15, -0.1) is 0 Å². The molecule has 0 heterocycles. The first-order valence-electron chi connectivity index (χ1n) is 5.03. The number of hydrogen-bond acceptors (Lipinski definition) is 2. The van der Waals surface area contributed by atoms with Crippen LogP contribution < -0.4 is 5.32 Å². The van der Waals surface area contributed by atoms with Crippen LogP contribution in [0.5, 0.6) is 0 Å². The molecule has 0 bridgehead atoms. The minimum atomic E-state index is -0.819. The van der Waals surface area contributed by atoms with Crippen LogP contribution in [0.1, 0.15) is 23.6 Å². The van der Waals surface area contributed by atoms with Gasteiger partial charge in [0.2, 0.25) is 0 Å². The van der Waals surface area contributed by atoms with Crippen molar-refractivity contribution in [2.45, 2.75) is 33.4 Å². The average Bonchev–Trinajstić information content (AvgIpc) is 2.18. The lowest BCUT2D eigenvalue weighted by Crippen LogP contribution is -2.33. The Hall–Kier alpha value is -1.35. The summed E-state index contributed by atoms with van der Waals surface area (Å²) >= 11 is 0. The summed E-state index contributed by atoms with van der Waals surface area (Å²) in [5.74, 6) is -0.819. The van der Waals surface area contributed by atoms with Crippen LogP contribution in [0, 0.1) is 13.8 Å². The van der Waals surface area contributed by atoms with E-state index in [0.717, 1.165) is 5.56 Å². The van der Waals surface area contributed by atoms with Crippen molar-refractivity contribution >= 4 is 5.97 Å². The molecule has 3 heteroatoms. The van der Waals surface area contributed by atoms with Gasteiger partial charge in [0.1, 0.15) is 6.04 Å². The van der Waals surface area contributed by atoms with Gasteiger partial charge in [0.25, 0.3) is 0 Å². The first-order chi connectivity index (χ1) is 7.00. The molecule has 0 aromatic heterocycles. The zero-order chi connectivity index (χ0) is 11.4. The zero-order valence-corrected chi connectivity index (χ0v) is 9.37. The topological polar surface area (TPSA) is 49.3 Å². The second kappa shape index (κ2) is 4.94. The lowest BCUT2D eigenvalue weighted by atomic mass is 10.1. The molecule has 0 amide bonds. The molecule has 1 atom stereocenters. The number of carboxylic acid groups (broad SMARTS) is 1. The SMILES string of the molecule is Cc1ccc(C)c(CN[C@H](C)C(=O)O)c1. The van der Waals surface area contributed by atoms with Gasteiger partial charge in [-0.1, -0.05) is 23.8 Å². The summed E-state index contributed by atoms with van der Waals surface area (Å²) in [7, 11) is 0. The van der Waals surface area contributed by atoms with Crippen LogP contribution in [0.15, 0.2) is 18.2 Å². The molecule has 3 nitrogen and oxygen atoms in total. The van der Waals surface area contributed by atoms with Crippen LogP contribution in [0.3, 0.4) is 0 Å². The highest BCUT2D eigenvalue weighted by molar-refractivity contribution is 5.72. The standard InChI is InChI=1S/C12H17NO2/c1-8-4-5-9(2)11(6-8)7-13-10(3)12(14)15/h4-6,10,13H,7H2,1-3H3,(H,14,15)/t10-/m1/s1. The van der Waals surface area contributed by atoms with E-state index in [2.05, 4.69) is 23.5 Å². The molecule has 0 saturated carbocycles. The van der Waals surface area contributed by atoms with Crippen molar-refractivity contribution in [2.24, 2.45) is 0 Å². The van der Waals surface area contributed by atoms with Crippen molar-refractivity contribution in [3.63, 3.8) is 0 Å². The third-order valence-electron chi connectivity index (χ3n) is 2.47. The Bertz CT molecular complexity index is 361. The third kappa shape index (κ3) is 3.36. The molecule has 1 aromatic carbocycles. The summed E-state index contributed by atoms with van der Waals surface area (Å²) in [5, 5.41) is 11.7. The van der Waals surface area contributed by atoms with E-state index in [9.17, 15) is 4.79 Å². The quantitative estimate of drug-likeness (QED) is 0.792. The van der Waals surface area contributed by atoms with E-state index < -0.39 is 12.0 Å². The lowest BCUT2D eigenvalue weighted by molar-refractivity contribution is -0.139. The average molecular weight is 207 g/mol. The first kappa shape index (κ1) is 11.7. The number of benzene rings is 1. The predicted octanol–water partition coefficient (Wildman–Crippen LogP) is 1.87. The molecular weight excluding hydrogens is 190 g/mol. The van der Waals surface area contributed by atoms with Crippen molar-refractivity contribution < 1.29 is 9.90 Å². The minimum Gasteiger partial charge on any atom is -0.480 e. The number of carbonyl (C=O) groups is 1. The highest BCUT2D eigenvalue weighted by atomic mass is 16.4. The molecule has 1 rings (SSSR count). The first-order valence-corrected chi connectivity index (χ1v) is 5.03. The van der Waals surface area contributed by atoms with Crippen LogP contribution in [0.25, 0.3) is 0 Å². The summed E-state index contributed by atoms with van der Waals surface area (Å²) in [6.07, 6.45) is 0. The second-order valence-electron chi connectivity index (χ2n) is 3.87. The molecule has 0 aliphatic carbocycles. The van der Waals surface area contributed by atoms with E-state index in [1.54, 1.807) is 6.92 Å². The Balaban J connectivity index is 2.65. The molecule has 2 N–H and O–H groups in total. The molecule has 0 aliphatic rings. The van der Waals surface area contributed by atoms with Gasteiger partial charge in [-0.2, -0.15) is 0 Å². The Kier molecular flexibility index (Phi) is 3.86. The van der Waals surface area contributed by atoms with Crippen molar-refractivity contribution in [3.8, 4) is 0 Å². The van der Waals surface area contributed by atoms with Crippen LogP contribution in [0.4, 0.5) is 0 Å². The molecule has 0 unspecified atom stereocenters. The number of nitrogens with one attached hydrogen (secondary N) is 1. The Labute approximate surface area is 90.1 Å². The van der Waals surface area contributed by atoms with E-state index in [-0.39, 0.29) is 0 Å². The van der Waals surface area contributed by atoms with Gasteiger partial charge in [0.15, 0.2) is 0 Å². The van der Waals surface area contributed by atoms with Crippen molar-refractivity contribution in [3.05, 3.63) is 34.9 Å². The van der Waals surface area contributed by atoms with Gasteiger partial charge in [-0.05, 0) is 31.9 Å². The molecule has 0 saturated heterocycles. The van der Waals surface area contributed by atoms with Gasteiger partial charge in [0, 0.05) is 6.54 Å². The fourth-order valence-corrected chi connectivity index (χ4v) is 1.34. The summed E-state index contributed by atoms with van der Waals surface area (Å²) < 4.78 is 0. The van der Waals surface area contributed by atoms with E-state index in [0.29, 0.717) is 6.54 Å². The third-order valence-corrected chi connectivity index (χ3v) is 2.47. The summed E-state index contributed by atoms with van der Waals surface area (Å²) in [4.78, 5) is 10.6. The normalized spacial score (nSPS) is 12.5. The van der Waals surface area contributed by atoms with Gasteiger partial charge in [-0.3, -0.25) is 4.79 Å². The smallest absolute Gasteiger partial charge is 0.320 e. The van der Waals surface area contributed by atoms with Gasteiger partial charge >= 0.3 is 5.97 Å². The summed E-state index contributed by atoms with van der Waals surface area (Å²) in [6, 6.07) is 5.68. The van der Waals surface area contributed by atoms with Crippen molar-refractivity contribution in [2.75, 3.05) is 0 Å². The van der Waals surface area contributed by atoms with Gasteiger partial charge in [0.05, 0.1) is 0 Å². The molecule has 0 radical (unpaired) electrons. The monoisotopic (exact) mass is 207 g/mol. The fraction of sp³-hybridized carbons (Fsp3) is 0.417. The fourth-order valence-electron chi connectivity index (χ4n) is 1.34. The maximum absolute atomic E-state index is 10.6. The summed E-state index contributed by atoms with van der Waals surface area (Å²) in [5.41, 5.74) is 3.54. The Morgan fingerprint density at radius 2 is 2.13 bits per heavy atom. The van der Waals surface area contributed by atoms with Crippen molar-refractivity contribution in [1.82, 2.24) is 5.32 Å². The van der Waals surface area contributed by atoms with Gasteiger partial charge < -0.3 is 10.4 Å². The van der Waals surface area contributed by atoms with Crippen LogP contribution in [-0.2, 0) is 11.3 Å². The number of rotatable bonds is 4. The van der Waals surface area contributed by atoms with E-state index in [1.165, 1.54) is 11.1 Å². The van der Waals surface area contributed by atoms with E-state index in [1.807, 2.05) is 13.8 Å². The highest BCUT2D eigenvalue weighted by Crippen LogP contribution is 2.10. The molecule has 1 aromatic rings. The van der Waals surface area contributed by atoms with Crippen LogP contribution in [-0.4, -0.2) is 17.1 Å². The number of hydrogen-bond donors (Lipinski definition) is 2. The Morgan fingerprint density at radius 1 is 1.47 bits per heavy atom. The van der Waals surface area contributed by atoms with Gasteiger partial charge in [-0.25, -0.2) is 0 Å². The molecular formula is C12H17NO2. The van der Waals surface area contributed by atoms with E-state index >= 15 is 0 Å². The molecule has 15 heavy (non-hydrogen) atoms. The minimum absolute atomic E-state index is 0.509. The van der Waals surface area contributed by atoms with Crippen LogP contribution in [0.2, 0.25) is 0 Å². The van der Waals surface area contributed by atoms with Crippen molar-refractivity contribution in [1.29, 1.82) is 0 Å². The lowest BCUT2D eigenvalue weighted by Gasteiger charge is -2.11. The largest absolute Gasteiger partial charge is 0.480 e.